The molecule has 0 N–H and O–H groups in total. The number of nitrogens with zero attached hydrogens (tertiary/aromatic N) is 2. The van der Waals surface area contributed by atoms with Crippen LogP contribution in [0.3, 0.4) is 0 Å². The number of benzene rings is 1. The molecular weight excluding hydrogens is 424 g/mol. The van der Waals surface area contributed by atoms with Crippen LogP contribution in [0.1, 0.15) is 78.9 Å². The first kappa shape index (κ1) is 26.5. The molecule has 0 saturated heterocycles. The summed E-state index contributed by atoms with van der Waals surface area (Å²) in [6.07, 6.45) is 4.67. The molecule has 2 heterocycles. The summed E-state index contributed by atoms with van der Waals surface area (Å²) < 4.78 is 18.3. The summed E-state index contributed by atoms with van der Waals surface area (Å²) in [4.78, 5) is 10.1. The Morgan fingerprint density at radius 1 is 0.882 bits per heavy atom. The Balaban J connectivity index is 1.62. The predicted molar refractivity (Wildman–Crippen MR) is 141 cm³/mol. The maximum Gasteiger partial charge on any atom is 0.199 e. The lowest BCUT2D eigenvalue weighted by atomic mass is 9.83. The second-order valence-electron chi connectivity index (χ2n) is 12.0. The zero-order chi connectivity index (χ0) is 25.0. The van der Waals surface area contributed by atoms with E-state index >= 15 is 0 Å². The molecule has 1 aromatic rings. The van der Waals surface area contributed by atoms with Crippen LogP contribution in [0.25, 0.3) is 6.08 Å². The molecule has 3 rings (SSSR count). The Hall–Kier alpha value is -2.14. The van der Waals surface area contributed by atoms with E-state index in [1.165, 1.54) is 5.56 Å². The van der Waals surface area contributed by atoms with Crippen LogP contribution in [-0.2, 0) is 20.8 Å². The largest absolute Gasteiger partial charge is 0.478 e. The Labute approximate surface area is 206 Å². The van der Waals surface area contributed by atoms with Gasteiger partial charge in [-0.15, -0.1) is 0 Å². The van der Waals surface area contributed by atoms with Crippen molar-refractivity contribution in [3.05, 3.63) is 42.0 Å². The minimum atomic E-state index is -0.444. The van der Waals surface area contributed by atoms with Crippen LogP contribution < -0.4 is 0 Å². The summed E-state index contributed by atoms with van der Waals surface area (Å²) in [5, 5.41) is 0. The minimum absolute atomic E-state index is 0.0622. The van der Waals surface area contributed by atoms with E-state index in [-0.39, 0.29) is 22.9 Å². The topological polar surface area (TPSA) is 52.4 Å². The highest BCUT2D eigenvalue weighted by atomic mass is 16.5. The van der Waals surface area contributed by atoms with Gasteiger partial charge in [-0.3, -0.25) is 0 Å². The third-order valence-electron chi connectivity index (χ3n) is 6.95. The van der Waals surface area contributed by atoms with Gasteiger partial charge in [-0.05, 0) is 48.1 Å². The molecule has 188 valence electrons. The molecule has 0 bridgehead atoms. The fourth-order valence-electron chi connectivity index (χ4n) is 4.17. The second kappa shape index (κ2) is 10.6. The first-order valence-electron chi connectivity index (χ1n) is 12.6. The van der Waals surface area contributed by atoms with E-state index in [0.717, 1.165) is 43.2 Å². The molecular formula is C29H44N2O3. The normalized spacial score (nSPS) is 21.0. The number of ether oxygens (including phenoxy) is 3. The SMILES string of the molecule is C=Cc1ccc(COCCCCC(C)(C2=N[C@H](C(C)(C)C)CO2)C2=N[C@H](C(C)(C)C)CO2)cc1. The van der Waals surface area contributed by atoms with Gasteiger partial charge in [-0.2, -0.15) is 0 Å². The van der Waals surface area contributed by atoms with Crippen LogP contribution in [-0.4, -0.2) is 43.7 Å². The van der Waals surface area contributed by atoms with Gasteiger partial charge in [0.05, 0.1) is 18.7 Å². The molecule has 0 amide bonds. The third-order valence-corrected chi connectivity index (χ3v) is 6.95. The summed E-state index contributed by atoms with van der Waals surface area (Å²) in [5.41, 5.74) is 1.98. The fourth-order valence-corrected chi connectivity index (χ4v) is 4.17. The molecule has 0 aromatic heterocycles. The highest BCUT2D eigenvalue weighted by Crippen LogP contribution is 2.39. The van der Waals surface area contributed by atoms with Gasteiger partial charge in [0.15, 0.2) is 11.8 Å². The van der Waals surface area contributed by atoms with Gasteiger partial charge < -0.3 is 14.2 Å². The minimum Gasteiger partial charge on any atom is -0.478 e. The van der Waals surface area contributed by atoms with Crippen molar-refractivity contribution in [2.75, 3.05) is 19.8 Å². The third kappa shape index (κ3) is 6.50. The van der Waals surface area contributed by atoms with Crippen molar-refractivity contribution in [1.29, 1.82) is 0 Å². The molecule has 0 fully saturated rings. The van der Waals surface area contributed by atoms with Crippen LogP contribution in [0.2, 0.25) is 0 Å². The average Bonchev–Trinajstić information content (AvgIpc) is 3.47. The molecule has 34 heavy (non-hydrogen) atoms. The monoisotopic (exact) mass is 468 g/mol. The van der Waals surface area contributed by atoms with E-state index in [4.69, 9.17) is 24.2 Å². The molecule has 5 nitrogen and oxygen atoms in total. The van der Waals surface area contributed by atoms with E-state index in [9.17, 15) is 0 Å². The Morgan fingerprint density at radius 3 is 1.85 bits per heavy atom. The quantitative estimate of drug-likeness (QED) is 0.359. The van der Waals surface area contributed by atoms with Gasteiger partial charge >= 0.3 is 0 Å². The van der Waals surface area contributed by atoms with Gasteiger partial charge in [-0.1, -0.05) is 78.5 Å². The highest BCUT2D eigenvalue weighted by Gasteiger charge is 2.47. The van der Waals surface area contributed by atoms with Crippen molar-refractivity contribution in [1.82, 2.24) is 0 Å². The lowest BCUT2D eigenvalue weighted by molar-refractivity contribution is 0.115. The van der Waals surface area contributed by atoms with Crippen LogP contribution in [0.15, 0.2) is 40.8 Å². The molecule has 1 aromatic carbocycles. The van der Waals surface area contributed by atoms with Gasteiger partial charge in [0.1, 0.15) is 18.6 Å². The zero-order valence-electron chi connectivity index (χ0n) is 22.3. The number of aliphatic imine (C=N–C) groups is 2. The first-order chi connectivity index (χ1) is 15.9. The predicted octanol–water partition coefficient (Wildman–Crippen LogP) is 6.71. The summed E-state index contributed by atoms with van der Waals surface area (Å²) in [6, 6.07) is 8.62. The van der Waals surface area contributed by atoms with E-state index in [2.05, 4.69) is 79.3 Å². The summed E-state index contributed by atoms with van der Waals surface area (Å²) in [6.45, 7) is 21.9. The van der Waals surface area contributed by atoms with E-state index in [0.29, 0.717) is 19.8 Å². The zero-order valence-corrected chi connectivity index (χ0v) is 22.3. The number of unbranched alkanes of at least 4 members (excludes halogenated alkanes) is 1. The van der Waals surface area contributed by atoms with Gasteiger partial charge in [-0.25, -0.2) is 9.98 Å². The smallest absolute Gasteiger partial charge is 0.199 e. The molecule has 2 aliphatic rings. The van der Waals surface area contributed by atoms with Crippen molar-refractivity contribution in [2.24, 2.45) is 26.2 Å². The van der Waals surface area contributed by atoms with Crippen molar-refractivity contribution in [3.8, 4) is 0 Å². The van der Waals surface area contributed by atoms with Crippen molar-refractivity contribution >= 4 is 17.9 Å². The Morgan fingerprint density at radius 2 is 1.41 bits per heavy atom. The summed E-state index contributed by atoms with van der Waals surface area (Å²) in [7, 11) is 0. The lowest BCUT2D eigenvalue weighted by Gasteiger charge is -2.28. The molecule has 2 aliphatic heterocycles. The number of rotatable bonds is 10. The number of hydrogen-bond donors (Lipinski definition) is 0. The summed E-state index contributed by atoms with van der Waals surface area (Å²) in [5.74, 6) is 1.56. The van der Waals surface area contributed by atoms with Gasteiger partial charge in [0.2, 0.25) is 0 Å². The highest BCUT2D eigenvalue weighted by molar-refractivity contribution is 6.05. The Kier molecular flexibility index (Phi) is 8.28. The lowest BCUT2D eigenvalue weighted by Crippen LogP contribution is -2.37. The van der Waals surface area contributed by atoms with E-state index in [1.807, 2.05) is 6.08 Å². The van der Waals surface area contributed by atoms with E-state index in [1.54, 1.807) is 0 Å². The molecule has 0 unspecified atom stereocenters. The standard InChI is InChI=1S/C29H44N2O3/c1-9-21-12-14-22(15-13-21)18-32-17-11-10-16-29(8,25-30-23(19-33-25)27(2,3)4)26-31-24(20-34-26)28(5,6)7/h9,12-15,23-24H,1,10-11,16-20H2,2-8H3/t23-,24-/m0/s1. The van der Waals surface area contributed by atoms with Gasteiger partial charge in [0, 0.05) is 6.61 Å². The van der Waals surface area contributed by atoms with Crippen molar-refractivity contribution in [2.45, 2.75) is 86.4 Å². The maximum atomic E-state index is 6.20. The maximum absolute atomic E-state index is 6.20. The molecule has 2 atom stereocenters. The second-order valence-corrected chi connectivity index (χ2v) is 12.0. The van der Waals surface area contributed by atoms with Crippen molar-refractivity contribution in [3.63, 3.8) is 0 Å². The average molecular weight is 469 g/mol. The molecule has 5 heteroatoms. The van der Waals surface area contributed by atoms with Crippen LogP contribution in [0.5, 0.6) is 0 Å². The molecule has 0 saturated carbocycles. The molecule has 0 aliphatic carbocycles. The van der Waals surface area contributed by atoms with Crippen LogP contribution in [0, 0.1) is 16.2 Å². The molecule has 0 spiro atoms. The molecule has 0 radical (unpaired) electrons. The summed E-state index contributed by atoms with van der Waals surface area (Å²) >= 11 is 0. The van der Waals surface area contributed by atoms with Crippen LogP contribution >= 0.6 is 0 Å². The van der Waals surface area contributed by atoms with Crippen molar-refractivity contribution < 1.29 is 14.2 Å². The van der Waals surface area contributed by atoms with Gasteiger partial charge in [0.25, 0.3) is 0 Å². The van der Waals surface area contributed by atoms with Crippen LogP contribution in [0.4, 0.5) is 0 Å². The Bertz CT molecular complexity index is 847. The number of hydrogen-bond acceptors (Lipinski definition) is 5. The van der Waals surface area contributed by atoms with E-state index < -0.39 is 5.41 Å². The first-order valence-corrected chi connectivity index (χ1v) is 12.6. The fraction of sp³-hybridized carbons (Fsp3) is 0.655.